The molecule has 0 saturated carbocycles. The van der Waals surface area contributed by atoms with Crippen LogP contribution in [0.15, 0.2) is 0 Å². The fraction of sp³-hybridized carbons (Fsp3) is 0.143. The molecule has 0 N–H and O–H groups in total. The third-order valence-electron chi connectivity index (χ3n) is 3.91. The molecule has 0 radical (unpaired) electrons. The summed E-state index contributed by atoms with van der Waals surface area (Å²) >= 11 is 0. The summed E-state index contributed by atoms with van der Waals surface area (Å²) in [4.78, 5) is 0. The molecule has 0 heterocycles. The second-order valence-electron chi connectivity index (χ2n) is 5.15. The molecule has 0 saturated heterocycles. The average Bonchev–Trinajstić information content (AvgIpc) is 2.66. The summed E-state index contributed by atoms with van der Waals surface area (Å²) in [6, 6.07) is 0. The molecule has 0 amide bonds. The molecule has 0 aliphatic carbocycles. The minimum atomic E-state index is -4.58. The predicted molar refractivity (Wildman–Crippen MR) is 71.5 cm³/mol. The molecular weight excluding hydrogens is 401 g/mol. The third-order valence-corrected chi connectivity index (χ3v) is 3.91. The molecule has 0 aromatic heterocycles. The van der Waals surface area contributed by atoms with E-state index in [0.29, 0.717) is 14.2 Å². The summed E-state index contributed by atoms with van der Waals surface area (Å²) in [6.07, 6.45) is 0. The van der Waals surface area contributed by atoms with Gasteiger partial charge in [0.25, 0.3) is 0 Å². The van der Waals surface area contributed by atoms with Crippen molar-refractivity contribution in [2.45, 2.75) is 0 Å². The molecule has 27 heavy (non-hydrogen) atoms. The van der Waals surface area contributed by atoms with Gasteiger partial charge in [-0.15, -0.1) is 0 Å². The van der Waals surface area contributed by atoms with Crippen molar-refractivity contribution in [3.8, 4) is 0 Å². The van der Waals surface area contributed by atoms with Gasteiger partial charge in [0.2, 0.25) is 0 Å². The molecule has 0 atom stereocenters. The molecule has 148 valence electrons. The fourth-order valence-corrected chi connectivity index (χ4v) is 2.62. The number of benzene rings is 2. The first-order chi connectivity index (χ1) is 12.5. The second-order valence-corrected chi connectivity index (χ2v) is 5.15. The summed E-state index contributed by atoms with van der Waals surface area (Å²) in [5, 5.41) is 0. The topological polar surface area (TPSA) is 18.5 Å². The standard InChI is InChI=1S/C14H6BF10O2/c1-26-15(27-2,3-5(16)9(20)13(24)10(21)6(3)17)4-7(18)11(22)14(25)12(23)8(4)19/h1-2H3/q-1. The van der Waals surface area contributed by atoms with Crippen LogP contribution >= 0.6 is 0 Å². The maximum Gasteiger partial charge on any atom is 0.310 e. The lowest BCUT2D eigenvalue weighted by molar-refractivity contribution is 0.263. The lowest BCUT2D eigenvalue weighted by atomic mass is 9.45. The highest BCUT2D eigenvalue weighted by Crippen LogP contribution is 2.24. The molecule has 2 aromatic carbocycles. The minimum Gasteiger partial charge on any atom is -0.563 e. The van der Waals surface area contributed by atoms with Crippen LogP contribution < -0.4 is 10.9 Å². The van der Waals surface area contributed by atoms with Gasteiger partial charge in [0.1, 0.15) is 23.3 Å². The Kier molecular flexibility index (Phi) is 5.48. The zero-order valence-electron chi connectivity index (χ0n) is 13.2. The Hall–Kier alpha value is -2.28. The van der Waals surface area contributed by atoms with Crippen LogP contribution in [0.5, 0.6) is 0 Å². The first-order valence-electron chi connectivity index (χ1n) is 6.76. The van der Waals surface area contributed by atoms with E-state index in [1.165, 1.54) is 0 Å². The van der Waals surface area contributed by atoms with Crippen LogP contribution in [0.1, 0.15) is 0 Å². The van der Waals surface area contributed by atoms with Crippen molar-refractivity contribution in [2.75, 3.05) is 14.2 Å². The first kappa shape index (κ1) is 21.0. The van der Waals surface area contributed by atoms with Crippen LogP contribution in [0, 0.1) is 58.2 Å². The lowest BCUT2D eigenvalue weighted by Crippen LogP contribution is -2.67. The van der Waals surface area contributed by atoms with Crippen LogP contribution in [0.2, 0.25) is 0 Å². The van der Waals surface area contributed by atoms with Crippen molar-refractivity contribution in [3.63, 3.8) is 0 Å². The Labute approximate surface area is 144 Å². The number of hydrogen-bond donors (Lipinski definition) is 0. The molecule has 0 unspecified atom stereocenters. The number of rotatable bonds is 4. The van der Waals surface area contributed by atoms with E-state index < -0.39 is 75.6 Å². The molecule has 2 nitrogen and oxygen atoms in total. The quantitative estimate of drug-likeness (QED) is 0.336. The summed E-state index contributed by atoms with van der Waals surface area (Å²) in [5.74, 6) is -26.0. The monoisotopic (exact) mass is 407 g/mol. The highest BCUT2D eigenvalue weighted by Gasteiger charge is 2.44. The summed E-state index contributed by atoms with van der Waals surface area (Å²) in [5.41, 5.74) is -4.11. The van der Waals surface area contributed by atoms with Gasteiger partial charge in [0.05, 0.1) is 0 Å². The SMILES string of the molecule is CO[B-](OC)(c1c(F)c(F)c(F)c(F)c1F)c1c(F)c(F)c(F)c(F)c1F. The number of halogens is 10. The van der Waals surface area contributed by atoms with E-state index in [1.807, 2.05) is 0 Å². The normalized spacial score (nSPS) is 12.0. The van der Waals surface area contributed by atoms with Crippen molar-refractivity contribution in [3.05, 3.63) is 58.2 Å². The highest BCUT2D eigenvalue weighted by molar-refractivity contribution is 6.92. The van der Waals surface area contributed by atoms with Gasteiger partial charge in [-0.05, 0) is 14.2 Å². The highest BCUT2D eigenvalue weighted by atomic mass is 19.2. The summed E-state index contributed by atoms with van der Waals surface area (Å²) < 4.78 is 146. The summed E-state index contributed by atoms with van der Waals surface area (Å²) in [6.45, 7) is -4.58. The van der Waals surface area contributed by atoms with Gasteiger partial charge in [0.15, 0.2) is 34.9 Å². The van der Waals surface area contributed by atoms with Crippen LogP contribution in [-0.2, 0) is 9.31 Å². The second kappa shape index (κ2) is 7.04. The van der Waals surface area contributed by atoms with E-state index in [0.717, 1.165) is 0 Å². The smallest absolute Gasteiger partial charge is 0.310 e. The van der Waals surface area contributed by atoms with E-state index in [2.05, 4.69) is 9.31 Å². The van der Waals surface area contributed by atoms with Crippen LogP contribution in [0.25, 0.3) is 0 Å². The van der Waals surface area contributed by atoms with Crippen molar-refractivity contribution >= 4 is 17.5 Å². The number of hydrogen-bond acceptors (Lipinski definition) is 2. The molecule has 0 aliphatic heterocycles. The lowest BCUT2D eigenvalue weighted by Gasteiger charge is -2.40. The Balaban J connectivity index is 3.09. The van der Waals surface area contributed by atoms with E-state index in [1.54, 1.807) is 0 Å². The summed E-state index contributed by atoms with van der Waals surface area (Å²) in [7, 11) is 0.888. The maximum atomic E-state index is 14.1. The van der Waals surface area contributed by atoms with Gasteiger partial charge in [-0.1, -0.05) is 10.9 Å². The van der Waals surface area contributed by atoms with E-state index in [9.17, 15) is 43.9 Å². The van der Waals surface area contributed by atoms with Gasteiger partial charge in [-0.3, -0.25) is 0 Å². The van der Waals surface area contributed by atoms with Gasteiger partial charge in [-0.2, -0.15) is 0 Å². The Morgan fingerprint density at radius 1 is 0.407 bits per heavy atom. The minimum absolute atomic E-state index is 0.444. The Morgan fingerprint density at radius 3 is 0.778 bits per heavy atom. The van der Waals surface area contributed by atoms with Crippen molar-refractivity contribution in [1.82, 2.24) is 0 Å². The third kappa shape index (κ3) is 2.76. The molecule has 0 bridgehead atoms. The Morgan fingerprint density at radius 2 is 0.593 bits per heavy atom. The van der Waals surface area contributed by atoms with Crippen molar-refractivity contribution in [2.24, 2.45) is 0 Å². The van der Waals surface area contributed by atoms with E-state index in [-0.39, 0.29) is 0 Å². The molecule has 0 spiro atoms. The molecular formula is C14H6BF10O2-. The zero-order valence-corrected chi connectivity index (χ0v) is 13.2. The van der Waals surface area contributed by atoms with Crippen LogP contribution in [0.3, 0.4) is 0 Å². The van der Waals surface area contributed by atoms with Gasteiger partial charge >= 0.3 is 6.55 Å². The largest absolute Gasteiger partial charge is 0.563 e. The molecule has 2 rings (SSSR count). The van der Waals surface area contributed by atoms with E-state index in [4.69, 9.17) is 0 Å². The molecule has 13 heteroatoms. The average molecular weight is 407 g/mol. The van der Waals surface area contributed by atoms with Gasteiger partial charge in [0, 0.05) is 0 Å². The van der Waals surface area contributed by atoms with Crippen LogP contribution in [0.4, 0.5) is 43.9 Å². The molecule has 0 fully saturated rings. The Bertz CT molecular complexity index is 800. The van der Waals surface area contributed by atoms with Crippen LogP contribution in [-0.4, -0.2) is 20.8 Å². The van der Waals surface area contributed by atoms with E-state index >= 15 is 0 Å². The van der Waals surface area contributed by atoms with Gasteiger partial charge < -0.3 is 9.31 Å². The van der Waals surface area contributed by atoms with Crippen molar-refractivity contribution in [1.29, 1.82) is 0 Å². The predicted octanol–water partition coefficient (Wildman–Crippen LogP) is 2.93. The molecule has 0 aliphatic rings. The van der Waals surface area contributed by atoms with Crippen molar-refractivity contribution < 1.29 is 53.2 Å². The maximum absolute atomic E-state index is 14.1. The molecule has 2 aromatic rings. The first-order valence-corrected chi connectivity index (χ1v) is 6.76. The van der Waals surface area contributed by atoms with Gasteiger partial charge in [-0.25, -0.2) is 43.9 Å². The fourth-order valence-electron chi connectivity index (χ4n) is 2.62. The zero-order chi connectivity index (χ0) is 20.8.